The quantitative estimate of drug-likeness (QED) is 0.326. The summed E-state index contributed by atoms with van der Waals surface area (Å²) >= 11 is 0.572. The van der Waals surface area contributed by atoms with Crippen molar-refractivity contribution in [1.29, 1.82) is 0 Å². The van der Waals surface area contributed by atoms with Gasteiger partial charge in [-0.25, -0.2) is 22.0 Å². The molecule has 0 atom stereocenters. The number of hydrogen-bond donors (Lipinski definition) is 1. The molecule has 0 amide bonds. The third-order valence-electron chi connectivity index (χ3n) is 3.37. The van der Waals surface area contributed by atoms with Gasteiger partial charge in [0.2, 0.25) is 0 Å². The average molecular weight is 347 g/mol. The lowest BCUT2D eigenvalue weighted by Crippen LogP contribution is -2.06. The molecule has 7 heteroatoms. The van der Waals surface area contributed by atoms with Gasteiger partial charge < -0.3 is 4.72 Å². The Balaban J connectivity index is 2.32. The zero-order valence-corrected chi connectivity index (χ0v) is 13.3. The van der Waals surface area contributed by atoms with Gasteiger partial charge in [0.15, 0.2) is 23.3 Å². The molecule has 124 valence electrons. The minimum atomic E-state index is -1.86. The first-order valence-corrected chi connectivity index (χ1v) is 7.78. The summed E-state index contributed by atoms with van der Waals surface area (Å²) in [5.74, 6) is -7.02. The van der Waals surface area contributed by atoms with Gasteiger partial charge in [0, 0.05) is 11.3 Å². The summed E-state index contributed by atoms with van der Waals surface area (Å²) in [7, 11) is 0. The summed E-state index contributed by atoms with van der Waals surface area (Å²) in [6.07, 6.45) is 0.495. The molecule has 0 fully saturated rings. The summed E-state index contributed by atoms with van der Waals surface area (Å²) < 4.78 is 70.5. The smallest absolute Gasteiger partial charge is 0.198 e. The maximum absolute atomic E-state index is 13.9. The zero-order chi connectivity index (χ0) is 17.1. The molecule has 0 spiro atoms. The van der Waals surface area contributed by atoms with Crippen LogP contribution in [0.1, 0.15) is 25.0 Å². The highest BCUT2D eigenvalue weighted by molar-refractivity contribution is 8.00. The van der Waals surface area contributed by atoms with Crippen LogP contribution in [0, 0.1) is 29.1 Å². The lowest BCUT2D eigenvalue weighted by Gasteiger charge is -2.13. The number of anilines is 1. The third kappa shape index (κ3) is 3.44. The Bertz CT molecular complexity index is 733. The number of rotatable bonds is 5. The largest absolute Gasteiger partial charge is 0.325 e. The highest BCUT2D eigenvalue weighted by Crippen LogP contribution is 2.33. The topological polar surface area (TPSA) is 12.0 Å². The van der Waals surface area contributed by atoms with E-state index in [1.165, 1.54) is 13.0 Å². The standard InChI is InChI=1S/C16H14F5NS/c1-3-8-5-6-9(7-11(8)17)22-23-16-10(4-2)12(18)13(19)14(20)15(16)21/h5-7,22H,3-4H2,1-2H3. The molecule has 0 saturated carbocycles. The Morgan fingerprint density at radius 1 is 0.870 bits per heavy atom. The molecule has 0 aliphatic heterocycles. The van der Waals surface area contributed by atoms with Crippen LogP contribution in [0.15, 0.2) is 23.1 Å². The lowest BCUT2D eigenvalue weighted by molar-refractivity contribution is 0.392. The van der Waals surface area contributed by atoms with Crippen molar-refractivity contribution >= 4 is 17.6 Å². The van der Waals surface area contributed by atoms with Crippen molar-refractivity contribution < 1.29 is 22.0 Å². The van der Waals surface area contributed by atoms with E-state index in [4.69, 9.17) is 0 Å². The number of hydrogen-bond acceptors (Lipinski definition) is 2. The van der Waals surface area contributed by atoms with Crippen LogP contribution in [0.4, 0.5) is 27.6 Å². The molecule has 0 aliphatic carbocycles. The van der Waals surface area contributed by atoms with Crippen LogP contribution in [-0.2, 0) is 12.8 Å². The monoisotopic (exact) mass is 347 g/mol. The Labute approximate surface area is 135 Å². The molecule has 0 aromatic heterocycles. The fourth-order valence-corrected chi connectivity index (χ4v) is 2.97. The predicted octanol–water partition coefficient (Wildman–Crippen LogP) is 5.63. The van der Waals surface area contributed by atoms with E-state index in [-0.39, 0.29) is 16.9 Å². The normalized spacial score (nSPS) is 10.9. The number of aryl methyl sites for hydroxylation is 1. The number of halogens is 5. The molecular weight excluding hydrogens is 333 g/mol. The van der Waals surface area contributed by atoms with Crippen molar-refractivity contribution in [1.82, 2.24) is 0 Å². The molecule has 23 heavy (non-hydrogen) atoms. The van der Waals surface area contributed by atoms with Gasteiger partial charge in [-0.15, -0.1) is 0 Å². The van der Waals surface area contributed by atoms with E-state index in [0.717, 1.165) is 0 Å². The van der Waals surface area contributed by atoms with Crippen LogP contribution in [0.2, 0.25) is 0 Å². The second-order valence-electron chi connectivity index (χ2n) is 4.78. The Morgan fingerprint density at radius 3 is 2.09 bits per heavy atom. The Kier molecular flexibility index (Phi) is 5.51. The van der Waals surface area contributed by atoms with E-state index in [1.807, 2.05) is 0 Å². The summed E-state index contributed by atoms with van der Waals surface area (Å²) in [4.78, 5) is -0.385. The second-order valence-corrected chi connectivity index (χ2v) is 5.60. The van der Waals surface area contributed by atoms with E-state index in [9.17, 15) is 22.0 Å². The van der Waals surface area contributed by atoms with Gasteiger partial charge in [0.1, 0.15) is 5.82 Å². The van der Waals surface area contributed by atoms with E-state index in [2.05, 4.69) is 4.72 Å². The van der Waals surface area contributed by atoms with E-state index >= 15 is 0 Å². The lowest BCUT2D eigenvalue weighted by atomic mass is 10.1. The van der Waals surface area contributed by atoms with Gasteiger partial charge in [0.25, 0.3) is 0 Å². The van der Waals surface area contributed by atoms with Crippen LogP contribution < -0.4 is 4.72 Å². The minimum absolute atomic E-state index is 0.0207. The van der Waals surface area contributed by atoms with Crippen LogP contribution in [0.25, 0.3) is 0 Å². The highest BCUT2D eigenvalue weighted by Gasteiger charge is 2.24. The van der Waals surface area contributed by atoms with Gasteiger partial charge >= 0.3 is 0 Å². The number of nitrogens with one attached hydrogen (secondary N) is 1. The predicted molar refractivity (Wildman–Crippen MR) is 80.9 cm³/mol. The summed E-state index contributed by atoms with van der Waals surface area (Å²) in [6, 6.07) is 4.32. The highest BCUT2D eigenvalue weighted by atomic mass is 32.2. The maximum atomic E-state index is 13.9. The van der Waals surface area contributed by atoms with Crippen molar-refractivity contribution in [2.24, 2.45) is 0 Å². The van der Waals surface area contributed by atoms with Crippen molar-refractivity contribution in [2.75, 3.05) is 4.72 Å². The molecule has 0 bridgehead atoms. The van der Waals surface area contributed by atoms with E-state index < -0.39 is 29.1 Å². The molecule has 0 heterocycles. The Morgan fingerprint density at radius 2 is 1.52 bits per heavy atom. The third-order valence-corrected chi connectivity index (χ3v) is 4.34. The van der Waals surface area contributed by atoms with Crippen molar-refractivity contribution in [3.05, 3.63) is 58.4 Å². The second kappa shape index (κ2) is 7.21. The van der Waals surface area contributed by atoms with Gasteiger partial charge in [-0.2, -0.15) is 0 Å². The summed E-state index contributed by atoms with van der Waals surface area (Å²) in [6.45, 7) is 3.29. The van der Waals surface area contributed by atoms with Gasteiger partial charge in [-0.3, -0.25) is 0 Å². The molecule has 0 aliphatic rings. The van der Waals surface area contributed by atoms with E-state index in [0.29, 0.717) is 29.6 Å². The zero-order valence-electron chi connectivity index (χ0n) is 12.4. The first-order valence-electron chi connectivity index (χ1n) is 6.96. The average Bonchev–Trinajstić information content (AvgIpc) is 2.55. The summed E-state index contributed by atoms with van der Waals surface area (Å²) in [5, 5.41) is 0. The van der Waals surface area contributed by atoms with Gasteiger partial charge in [-0.05, 0) is 42.5 Å². The Hall–Kier alpha value is -1.76. The minimum Gasteiger partial charge on any atom is -0.325 e. The van der Waals surface area contributed by atoms with Crippen LogP contribution in [0.5, 0.6) is 0 Å². The van der Waals surface area contributed by atoms with Crippen LogP contribution >= 0.6 is 11.9 Å². The van der Waals surface area contributed by atoms with Gasteiger partial charge in [-0.1, -0.05) is 19.9 Å². The molecule has 0 saturated heterocycles. The molecule has 2 rings (SSSR count). The molecule has 0 radical (unpaired) electrons. The van der Waals surface area contributed by atoms with Crippen molar-refractivity contribution in [2.45, 2.75) is 31.6 Å². The molecular formula is C16H14F5NS. The first-order chi connectivity index (χ1) is 10.9. The van der Waals surface area contributed by atoms with Crippen LogP contribution in [-0.4, -0.2) is 0 Å². The van der Waals surface area contributed by atoms with Crippen molar-refractivity contribution in [3.63, 3.8) is 0 Å². The van der Waals surface area contributed by atoms with Gasteiger partial charge in [0.05, 0.1) is 4.90 Å². The first kappa shape index (κ1) is 17.6. The molecule has 0 unspecified atom stereocenters. The molecule has 1 N–H and O–H groups in total. The fourth-order valence-electron chi connectivity index (χ4n) is 2.09. The molecule has 2 aromatic carbocycles. The van der Waals surface area contributed by atoms with Crippen molar-refractivity contribution in [3.8, 4) is 0 Å². The maximum Gasteiger partial charge on any atom is 0.198 e. The molecule has 2 aromatic rings. The van der Waals surface area contributed by atoms with Crippen LogP contribution in [0.3, 0.4) is 0 Å². The number of benzene rings is 2. The molecule has 1 nitrogen and oxygen atoms in total. The SMILES string of the molecule is CCc1ccc(NSc2c(F)c(F)c(F)c(F)c2CC)cc1F. The van der Waals surface area contributed by atoms with E-state index in [1.54, 1.807) is 19.1 Å². The summed E-state index contributed by atoms with van der Waals surface area (Å²) in [5.41, 5.74) is 0.542. The fraction of sp³-hybridized carbons (Fsp3) is 0.250.